The van der Waals surface area contributed by atoms with E-state index in [9.17, 15) is 8.42 Å². The summed E-state index contributed by atoms with van der Waals surface area (Å²) in [5.41, 5.74) is 2.79. The van der Waals surface area contributed by atoms with E-state index in [0.29, 0.717) is 0 Å². The highest BCUT2D eigenvalue weighted by Crippen LogP contribution is 2.14. The van der Waals surface area contributed by atoms with Crippen molar-refractivity contribution >= 4 is 32.2 Å². The van der Waals surface area contributed by atoms with Crippen LogP contribution in [0, 0.1) is 13.8 Å². The topological polar surface area (TPSA) is 74.3 Å². The maximum atomic E-state index is 12.0. The molecule has 0 saturated heterocycles. The molecule has 0 atom stereocenters. The highest BCUT2D eigenvalue weighted by Gasteiger charge is 2.12. The van der Waals surface area contributed by atoms with E-state index in [1.807, 2.05) is 19.9 Å². The molecule has 0 spiro atoms. The summed E-state index contributed by atoms with van der Waals surface area (Å²) in [6, 6.07) is 8.24. The molecule has 106 valence electrons. The average molecular weight is 356 g/mol. The third-order valence-electron chi connectivity index (χ3n) is 2.69. The lowest BCUT2D eigenvalue weighted by atomic mass is 10.3. The Morgan fingerprint density at radius 2 is 1.90 bits per heavy atom. The van der Waals surface area contributed by atoms with E-state index in [1.165, 1.54) is 18.3 Å². The predicted octanol–water partition coefficient (Wildman–Crippen LogP) is 2.71. The summed E-state index contributed by atoms with van der Waals surface area (Å²) in [5.74, 6) is 0. The van der Waals surface area contributed by atoms with Crippen molar-refractivity contribution in [2.24, 2.45) is 5.10 Å². The third-order valence-corrected chi connectivity index (χ3v) is 4.46. The number of hydrogen-bond acceptors (Lipinski definition) is 3. The Morgan fingerprint density at radius 1 is 1.25 bits per heavy atom. The monoisotopic (exact) mass is 355 g/mol. The molecule has 0 aliphatic heterocycles. The van der Waals surface area contributed by atoms with Gasteiger partial charge in [-0.25, -0.2) is 4.83 Å². The minimum Gasteiger partial charge on any atom is -0.362 e. The van der Waals surface area contributed by atoms with Gasteiger partial charge in [0, 0.05) is 21.4 Å². The van der Waals surface area contributed by atoms with E-state index in [2.05, 4.69) is 30.8 Å². The number of aromatic amines is 1. The van der Waals surface area contributed by atoms with Crippen molar-refractivity contribution in [2.75, 3.05) is 0 Å². The Labute approximate surface area is 126 Å². The molecule has 2 aromatic rings. The van der Waals surface area contributed by atoms with Crippen LogP contribution in [0.15, 0.2) is 44.8 Å². The molecule has 0 radical (unpaired) electrons. The summed E-state index contributed by atoms with van der Waals surface area (Å²) in [7, 11) is -3.63. The molecule has 5 nitrogen and oxygen atoms in total. The highest BCUT2D eigenvalue weighted by molar-refractivity contribution is 9.10. The molecule has 0 aliphatic carbocycles. The van der Waals surface area contributed by atoms with Crippen LogP contribution < -0.4 is 4.83 Å². The maximum absolute atomic E-state index is 12.0. The number of hydrogen-bond donors (Lipinski definition) is 2. The fourth-order valence-corrected chi connectivity index (χ4v) is 2.77. The summed E-state index contributed by atoms with van der Waals surface area (Å²) in [5, 5.41) is 3.79. The molecule has 0 amide bonds. The number of benzene rings is 1. The molecule has 1 aromatic carbocycles. The van der Waals surface area contributed by atoms with Crippen LogP contribution >= 0.6 is 15.9 Å². The zero-order chi connectivity index (χ0) is 14.8. The average Bonchev–Trinajstić information content (AvgIpc) is 2.68. The van der Waals surface area contributed by atoms with Gasteiger partial charge in [0.15, 0.2) is 0 Å². The normalized spacial score (nSPS) is 11.9. The van der Waals surface area contributed by atoms with Gasteiger partial charge in [-0.3, -0.25) is 0 Å². The van der Waals surface area contributed by atoms with E-state index in [4.69, 9.17) is 0 Å². The Balaban J connectivity index is 2.13. The Kier molecular flexibility index (Phi) is 4.29. The van der Waals surface area contributed by atoms with E-state index in [1.54, 1.807) is 12.1 Å². The Bertz CT molecular complexity index is 733. The number of hydrazone groups is 1. The zero-order valence-corrected chi connectivity index (χ0v) is 13.4. The lowest BCUT2D eigenvalue weighted by Crippen LogP contribution is -2.18. The Hall–Kier alpha value is -1.60. The van der Waals surface area contributed by atoms with Crippen LogP contribution in [-0.4, -0.2) is 19.6 Å². The summed E-state index contributed by atoms with van der Waals surface area (Å²) in [4.78, 5) is 5.48. The van der Waals surface area contributed by atoms with Crippen LogP contribution in [0.1, 0.15) is 17.0 Å². The van der Waals surface area contributed by atoms with Crippen LogP contribution in [0.25, 0.3) is 0 Å². The summed E-state index contributed by atoms with van der Waals surface area (Å²) in [6.45, 7) is 3.83. The molecule has 0 fully saturated rings. The number of nitrogens with zero attached hydrogens (tertiary/aromatic N) is 1. The standard InChI is InChI=1S/C13H14BrN3O2S/c1-9-7-11(10(2)16-9)8-15-17-20(18,19)13-5-3-12(14)4-6-13/h3-8,16-17H,1-2H3/b15-8+. The quantitative estimate of drug-likeness (QED) is 0.653. The number of aromatic nitrogens is 1. The van der Waals surface area contributed by atoms with Gasteiger partial charge in [-0.05, 0) is 44.2 Å². The number of aryl methyl sites for hydroxylation is 2. The van der Waals surface area contributed by atoms with Crippen molar-refractivity contribution in [1.82, 2.24) is 9.82 Å². The fourth-order valence-electron chi connectivity index (χ4n) is 1.71. The van der Waals surface area contributed by atoms with Gasteiger partial charge in [0.1, 0.15) is 0 Å². The number of halogens is 1. The molecule has 2 N–H and O–H groups in total. The molecular formula is C13H14BrN3O2S. The minimum atomic E-state index is -3.63. The third kappa shape index (κ3) is 3.49. The Morgan fingerprint density at radius 3 is 2.45 bits per heavy atom. The van der Waals surface area contributed by atoms with Gasteiger partial charge in [-0.15, -0.1) is 0 Å². The van der Waals surface area contributed by atoms with Crippen molar-refractivity contribution in [1.29, 1.82) is 0 Å². The molecule has 1 aromatic heterocycles. The SMILES string of the molecule is Cc1cc(/C=N/NS(=O)(=O)c2ccc(Br)cc2)c(C)[nH]1. The highest BCUT2D eigenvalue weighted by atomic mass is 79.9. The summed E-state index contributed by atoms with van der Waals surface area (Å²) < 4.78 is 24.8. The second kappa shape index (κ2) is 5.80. The smallest absolute Gasteiger partial charge is 0.276 e. The summed E-state index contributed by atoms with van der Waals surface area (Å²) in [6.07, 6.45) is 1.48. The molecule has 0 bridgehead atoms. The molecule has 0 aliphatic rings. The second-order valence-electron chi connectivity index (χ2n) is 4.34. The van der Waals surface area contributed by atoms with Crippen LogP contribution in [0.5, 0.6) is 0 Å². The second-order valence-corrected chi connectivity index (χ2v) is 6.92. The lowest BCUT2D eigenvalue weighted by Gasteiger charge is -2.02. The van der Waals surface area contributed by atoms with Crippen molar-refractivity contribution in [3.63, 3.8) is 0 Å². The van der Waals surface area contributed by atoms with Gasteiger partial charge in [0.2, 0.25) is 0 Å². The first-order valence-electron chi connectivity index (χ1n) is 5.85. The molecule has 0 saturated carbocycles. The largest absolute Gasteiger partial charge is 0.362 e. The van der Waals surface area contributed by atoms with Crippen LogP contribution in [0.3, 0.4) is 0 Å². The van der Waals surface area contributed by atoms with Crippen LogP contribution in [0.4, 0.5) is 0 Å². The van der Waals surface area contributed by atoms with Gasteiger partial charge < -0.3 is 4.98 Å². The number of nitrogens with one attached hydrogen (secondary N) is 2. The van der Waals surface area contributed by atoms with Crippen molar-refractivity contribution < 1.29 is 8.42 Å². The van der Waals surface area contributed by atoms with Gasteiger partial charge in [-0.2, -0.15) is 13.5 Å². The van der Waals surface area contributed by atoms with Gasteiger partial charge >= 0.3 is 0 Å². The number of rotatable bonds is 4. The van der Waals surface area contributed by atoms with Crippen LogP contribution in [-0.2, 0) is 10.0 Å². The number of H-pyrrole nitrogens is 1. The van der Waals surface area contributed by atoms with E-state index < -0.39 is 10.0 Å². The molecule has 2 rings (SSSR count). The summed E-state index contributed by atoms with van der Waals surface area (Å²) >= 11 is 3.26. The van der Waals surface area contributed by atoms with Crippen LogP contribution in [0.2, 0.25) is 0 Å². The minimum absolute atomic E-state index is 0.167. The molecule has 1 heterocycles. The first-order valence-corrected chi connectivity index (χ1v) is 8.13. The van der Waals surface area contributed by atoms with Gasteiger partial charge in [0.05, 0.1) is 11.1 Å². The van der Waals surface area contributed by atoms with Crippen molar-refractivity contribution in [3.05, 3.63) is 51.8 Å². The van der Waals surface area contributed by atoms with Crippen molar-refractivity contribution in [3.8, 4) is 0 Å². The van der Waals surface area contributed by atoms with E-state index in [-0.39, 0.29) is 4.90 Å². The number of sulfonamides is 1. The van der Waals surface area contributed by atoms with E-state index >= 15 is 0 Å². The van der Waals surface area contributed by atoms with Gasteiger partial charge in [-0.1, -0.05) is 15.9 Å². The zero-order valence-electron chi connectivity index (χ0n) is 11.0. The van der Waals surface area contributed by atoms with Gasteiger partial charge in [0.25, 0.3) is 10.0 Å². The fraction of sp³-hybridized carbons (Fsp3) is 0.154. The lowest BCUT2D eigenvalue weighted by molar-refractivity contribution is 0.584. The molecular weight excluding hydrogens is 342 g/mol. The van der Waals surface area contributed by atoms with Crippen molar-refractivity contribution in [2.45, 2.75) is 18.7 Å². The first-order chi connectivity index (χ1) is 9.38. The van der Waals surface area contributed by atoms with E-state index in [0.717, 1.165) is 21.4 Å². The maximum Gasteiger partial charge on any atom is 0.276 e. The molecule has 20 heavy (non-hydrogen) atoms. The molecule has 0 unspecified atom stereocenters. The molecule has 7 heteroatoms. The first kappa shape index (κ1) is 14.8. The predicted molar refractivity (Wildman–Crippen MR) is 82.3 cm³/mol.